The van der Waals surface area contributed by atoms with E-state index in [2.05, 4.69) is 13.8 Å². The smallest absolute Gasteiger partial charge is 0.330 e. The van der Waals surface area contributed by atoms with Crippen LogP contribution in [0.25, 0.3) is 0 Å². The van der Waals surface area contributed by atoms with Crippen LogP contribution >= 0.6 is 0 Å². The molecule has 1 unspecified atom stereocenters. The molecule has 1 aromatic carbocycles. The molecule has 4 heteroatoms. The van der Waals surface area contributed by atoms with Crippen molar-refractivity contribution in [1.82, 2.24) is 0 Å². The van der Waals surface area contributed by atoms with Gasteiger partial charge in [-0.15, -0.1) is 0 Å². The Morgan fingerprint density at radius 1 is 1.17 bits per heavy atom. The SMILES string of the molecule is CCOC(=O)/C=C/C=C/C(C)(C)C(OC)c1ccc(OC)cc1. The van der Waals surface area contributed by atoms with Gasteiger partial charge >= 0.3 is 5.97 Å². The highest BCUT2D eigenvalue weighted by molar-refractivity contribution is 5.82. The summed E-state index contributed by atoms with van der Waals surface area (Å²) in [6, 6.07) is 7.83. The molecule has 0 aromatic heterocycles. The number of allylic oxidation sites excluding steroid dienone is 2. The Hall–Kier alpha value is -2.07. The number of carbonyl (C=O) groups excluding carboxylic acids is 1. The Morgan fingerprint density at radius 2 is 1.83 bits per heavy atom. The highest BCUT2D eigenvalue weighted by Gasteiger charge is 2.28. The molecule has 23 heavy (non-hydrogen) atoms. The third-order valence-electron chi connectivity index (χ3n) is 3.49. The number of carbonyl (C=O) groups is 1. The van der Waals surface area contributed by atoms with E-state index in [0.29, 0.717) is 6.61 Å². The summed E-state index contributed by atoms with van der Waals surface area (Å²) >= 11 is 0. The summed E-state index contributed by atoms with van der Waals surface area (Å²) in [6.45, 7) is 6.32. The van der Waals surface area contributed by atoms with Gasteiger partial charge in [-0.25, -0.2) is 4.79 Å². The van der Waals surface area contributed by atoms with E-state index in [1.807, 2.05) is 36.4 Å². The van der Waals surface area contributed by atoms with Crippen LogP contribution in [0.2, 0.25) is 0 Å². The molecule has 0 aliphatic carbocycles. The maximum Gasteiger partial charge on any atom is 0.330 e. The summed E-state index contributed by atoms with van der Waals surface area (Å²) in [6.07, 6.45) is 6.83. The fraction of sp³-hybridized carbons (Fsp3) is 0.421. The average molecular weight is 318 g/mol. The van der Waals surface area contributed by atoms with Crippen LogP contribution < -0.4 is 4.74 Å². The zero-order valence-electron chi connectivity index (χ0n) is 14.5. The molecule has 0 bridgehead atoms. The summed E-state index contributed by atoms with van der Waals surface area (Å²) in [5.41, 5.74) is 0.819. The Morgan fingerprint density at radius 3 is 2.35 bits per heavy atom. The second kappa shape index (κ2) is 9.16. The Balaban J connectivity index is 2.83. The molecule has 0 N–H and O–H groups in total. The largest absolute Gasteiger partial charge is 0.497 e. The average Bonchev–Trinajstić information content (AvgIpc) is 2.53. The minimum atomic E-state index is -0.339. The van der Waals surface area contributed by atoms with Gasteiger partial charge in [0, 0.05) is 18.6 Å². The maximum atomic E-state index is 11.3. The normalized spacial score (nSPS) is 13.4. The van der Waals surface area contributed by atoms with Crippen LogP contribution in [-0.4, -0.2) is 26.8 Å². The second-order valence-corrected chi connectivity index (χ2v) is 5.68. The van der Waals surface area contributed by atoms with Gasteiger partial charge in [-0.2, -0.15) is 0 Å². The van der Waals surface area contributed by atoms with Crippen LogP contribution in [0.1, 0.15) is 32.4 Å². The minimum Gasteiger partial charge on any atom is -0.497 e. The fourth-order valence-corrected chi connectivity index (χ4v) is 2.36. The van der Waals surface area contributed by atoms with E-state index in [0.717, 1.165) is 11.3 Å². The van der Waals surface area contributed by atoms with Gasteiger partial charge < -0.3 is 14.2 Å². The van der Waals surface area contributed by atoms with Crippen LogP contribution in [0.4, 0.5) is 0 Å². The first kappa shape index (κ1) is 19.0. The molecule has 4 nitrogen and oxygen atoms in total. The lowest BCUT2D eigenvalue weighted by atomic mass is 9.82. The zero-order chi connectivity index (χ0) is 17.3. The predicted octanol–water partition coefficient (Wildman–Crippen LogP) is 4.08. The molecule has 0 radical (unpaired) electrons. The number of benzene rings is 1. The monoisotopic (exact) mass is 318 g/mol. The molecular weight excluding hydrogens is 292 g/mol. The van der Waals surface area contributed by atoms with Crippen molar-refractivity contribution in [2.45, 2.75) is 26.9 Å². The topological polar surface area (TPSA) is 44.8 Å². The van der Waals surface area contributed by atoms with Gasteiger partial charge in [0.2, 0.25) is 0 Å². The molecule has 1 atom stereocenters. The lowest BCUT2D eigenvalue weighted by Crippen LogP contribution is -2.21. The van der Waals surface area contributed by atoms with Crippen LogP contribution in [0.5, 0.6) is 5.75 Å². The van der Waals surface area contributed by atoms with E-state index in [4.69, 9.17) is 14.2 Å². The summed E-state index contributed by atoms with van der Waals surface area (Å²) in [5.74, 6) is 0.475. The van der Waals surface area contributed by atoms with Crippen molar-refractivity contribution in [2.75, 3.05) is 20.8 Å². The maximum absolute atomic E-state index is 11.3. The Labute approximate surface area is 138 Å². The van der Waals surface area contributed by atoms with E-state index >= 15 is 0 Å². The number of methoxy groups -OCH3 is 2. The highest BCUT2D eigenvalue weighted by atomic mass is 16.5. The van der Waals surface area contributed by atoms with Crippen molar-refractivity contribution in [1.29, 1.82) is 0 Å². The number of rotatable bonds is 8. The second-order valence-electron chi connectivity index (χ2n) is 5.68. The Kier molecular flexibility index (Phi) is 7.55. The van der Waals surface area contributed by atoms with E-state index in [1.165, 1.54) is 6.08 Å². The van der Waals surface area contributed by atoms with E-state index in [-0.39, 0.29) is 17.5 Å². The number of esters is 1. The molecule has 126 valence electrons. The highest BCUT2D eigenvalue weighted by Crippen LogP contribution is 2.37. The third kappa shape index (κ3) is 5.91. The van der Waals surface area contributed by atoms with Crippen LogP contribution in [-0.2, 0) is 14.3 Å². The van der Waals surface area contributed by atoms with Crippen LogP contribution in [0, 0.1) is 5.41 Å². The standard InChI is InChI=1S/C19H26O4/c1-6-23-17(20)9-7-8-14-19(2,3)18(22-5)15-10-12-16(21-4)13-11-15/h7-14,18H,6H2,1-5H3/b9-7+,14-8+. The molecule has 0 fully saturated rings. The predicted molar refractivity (Wildman–Crippen MR) is 91.4 cm³/mol. The lowest BCUT2D eigenvalue weighted by Gasteiger charge is -2.31. The van der Waals surface area contributed by atoms with Gasteiger partial charge in [0.25, 0.3) is 0 Å². The van der Waals surface area contributed by atoms with E-state index in [9.17, 15) is 4.79 Å². The molecule has 1 aromatic rings. The number of hydrogen-bond acceptors (Lipinski definition) is 4. The molecular formula is C19H26O4. The minimum absolute atomic E-state index is 0.111. The van der Waals surface area contributed by atoms with Crippen molar-refractivity contribution in [3.8, 4) is 5.75 Å². The first-order chi connectivity index (χ1) is 10.9. The van der Waals surface area contributed by atoms with Crippen molar-refractivity contribution in [3.05, 3.63) is 54.1 Å². The van der Waals surface area contributed by atoms with Gasteiger partial charge in [-0.3, -0.25) is 0 Å². The van der Waals surface area contributed by atoms with E-state index in [1.54, 1.807) is 27.2 Å². The molecule has 0 aliphatic heterocycles. The van der Waals surface area contributed by atoms with Crippen molar-refractivity contribution in [2.24, 2.45) is 5.41 Å². The lowest BCUT2D eigenvalue weighted by molar-refractivity contribution is -0.137. The van der Waals surface area contributed by atoms with Gasteiger partial charge in [-0.05, 0) is 24.6 Å². The van der Waals surface area contributed by atoms with E-state index < -0.39 is 0 Å². The number of ether oxygens (including phenoxy) is 3. The molecule has 0 amide bonds. The molecule has 1 rings (SSSR count). The summed E-state index contributed by atoms with van der Waals surface area (Å²) < 4.78 is 15.7. The molecule has 0 spiro atoms. The van der Waals surface area contributed by atoms with Crippen LogP contribution in [0.15, 0.2) is 48.6 Å². The van der Waals surface area contributed by atoms with Gasteiger partial charge in [0.05, 0.1) is 19.8 Å². The summed E-state index contributed by atoms with van der Waals surface area (Å²) in [5, 5.41) is 0. The molecule has 0 heterocycles. The molecule has 0 saturated carbocycles. The summed E-state index contributed by atoms with van der Waals surface area (Å²) in [4.78, 5) is 11.3. The van der Waals surface area contributed by atoms with Crippen molar-refractivity contribution in [3.63, 3.8) is 0 Å². The van der Waals surface area contributed by atoms with Crippen molar-refractivity contribution < 1.29 is 19.0 Å². The fourth-order valence-electron chi connectivity index (χ4n) is 2.36. The first-order valence-electron chi connectivity index (χ1n) is 7.64. The molecule has 0 saturated heterocycles. The van der Waals surface area contributed by atoms with Gasteiger partial charge in [0.15, 0.2) is 0 Å². The molecule has 0 aliphatic rings. The number of hydrogen-bond donors (Lipinski definition) is 0. The Bertz CT molecular complexity index is 541. The quantitative estimate of drug-likeness (QED) is 0.411. The van der Waals surface area contributed by atoms with Gasteiger partial charge in [-0.1, -0.05) is 44.2 Å². The third-order valence-corrected chi connectivity index (χ3v) is 3.49. The van der Waals surface area contributed by atoms with Gasteiger partial charge in [0.1, 0.15) is 5.75 Å². The zero-order valence-corrected chi connectivity index (χ0v) is 14.5. The summed E-state index contributed by atoms with van der Waals surface area (Å²) in [7, 11) is 3.34. The first-order valence-corrected chi connectivity index (χ1v) is 7.64. The van der Waals surface area contributed by atoms with Crippen molar-refractivity contribution >= 4 is 5.97 Å². The van der Waals surface area contributed by atoms with Crippen LogP contribution in [0.3, 0.4) is 0 Å².